The molecule has 52 heavy (non-hydrogen) atoms. The summed E-state index contributed by atoms with van der Waals surface area (Å²) in [5.41, 5.74) is 11.6. The Morgan fingerprint density at radius 3 is 1.71 bits per heavy atom. The summed E-state index contributed by atoms with van der Waals surface area (Å²) in [4.78, 5) is 0. The Labute approximate surface area is 304 Å². The third-order valence-corrected chi connectivity index (χ3v) is 11.9. The Hall–Kier alpha value is -6.48. The van der Waals surface area contributed by atoms with Gasteiger partial charge in [-0.3, -0.25) is 0 Å². The maximum absolute atomic E-state index is 6.77. The fourth-order valence-electron chi connectivity index (χ4n) is 8.36. The van der Waals surface area contributed by atoms with E-state index in [0.717, 1.165) is 21.9 Å². The third kappa shape index (κ3) is 4.41. The average molecular weight is 679 g/mol. The van der Waals surface area contributed by atoms with Crippen LogP contribution in [0.1, 0.15) is 0 Å². The number of thiophene rings is 1. The first-order valence-corrected chi connectivity index (χ1v) is 18.6. The minimum Gasteiger partial charge on any atom is -0.456 e. The summed E-state index contributed by atoms with van der Waals surface area (Å²) < 4.78 is 9.35. The number of hydrogen-bond donors (Lipinski definition) is 0. The highest BCUT2D eigenvalue weighted by molar-refractivity contribution is 7.26. The van der Waals surface area contributed by atoms with Crippen LogP contribution < -0.4 is 0 Å². The predicted molar refractivity (Wildman–Crippen MR) is 223 cm³/mol. The molecule has 0 N–H and O–H groups in total. The second-order valence-electron chi connectivity index (χ2n) is 13.6. The molecule has 11 rings (SSSR count). The van der Waals surface area contributed by atoms with Gasteiger partial charge in [-0.25, -0.2) is 0 Å². The summed E-state index contributed by atoms with van der Waals surface area (Å²) in [5, 5.41) is 9.76. The summed E-state index contributed by atoms with van der Waals surface area (Å²) in [6, 6.07) is 66.0. The van der Waals surface area contributed by atoms with Gasteiger partial charge in [0.1, 0.15) is 11.2 Å². The number of hydrogen-bond acceptors (Lipinski definition) is 2. The summed E-state index contributed by atoms with van der Waals surface area (Å²) in [7, 11) is 0. The van der Waals surface area contributed by atoms with E-state index >= 15 is 0 Å². The molecule has 0 spiro atoms. The van der Waals surface area contributed by atoms with Crippen LogP contribution in [0.3, 0.4) is 0 Å². The second-order valence-corrected chi connectivity index (χ2v) is 14.6. The molecule has 0 atom stereocenters. The zero-order valence-corrected chi connectivity index (χ0v) is 29.0. The maximum Gasteiger partial charge on any atom is 0.136 e. The fraction of sp³-hybridized carbons (Fsp3) is 0. The van der Waals surface area contributed by atoms with Crippen LogP contribution in [0, 0.1) is 0 Å². The van der Waals surface area contributed by atoms with E-state index in [2.05, 4.69) is 182 Å². The Bertz CT molecular complexity index is 3150. The molecular formula is C50H30OS. The van der Waals surface area contributed by atoms with Gasteiger partial charge >= 0.3 is 0 Å². The molecule has 0 unspecified atom stereocenters. The molecule has 9 aromatic carbocycles. The molecule has 242 valence electrons. The summed E-state index contributed by atoms with van der Waals surface area (Å²) in [6.45, 7) is 0. The average Bonchev–Trinajstić information content (AvgIpc) is 3.77. The normalized spacial score (nSPS) is 11.8. The highest BCUT2D eigenvalue weighted by Gasteiger charge is 2.22. The van der Waals surface area contributed by atoms with Gasteiger partial charge in [-0.2, -0.15) is 0 Å². The van der Waals surface area contributed by atoms with E-state index in [9.17, 15) is 0 Å². The lowest BCUT2D eigenvalue weighted by Gasteiger charge is -2.19. The number of furan rings is 1. The van der Waals surface area contributed by atoms with Crippen LogP contribution in [0.25, 0.3) is 108 Å². The van der Waals surface area contributed by atoms with Gasteiger partial charge in [0.25, 0.3) is 0 Å². The van der Waals surface area contributed by atoms with Crippen molar-refractivity contribution in [3.8, 4) is 44.5 Å². The van der Waals surface area contributed by atoms with Gasteiger partial charge in [-0.1, -0.05) is 158 Å². The summed E-state index contributed by atoms with van der Waals surface area (Å²) in [5.74, 6) is 0. The van der Waals surface area contributed by atoms with Crippen LogP contribution in [0.2, 0.25) is 0 Å². The Kier molecular flexibility index (Phi) is 6.49. The summed E-state index contributed by atoms with van der Waals surface area (Å²) >= 11 is 1.87. The van der Waals surface area contributed by atoms with E-state index in [1.165, 1.54) is 86.2 Å². The van der Waals surface area contributed by atoms with Crippen molar-refractivity contribution in [1.29, 1.82) is 0 Å². The zero-order chi connectivity index (χ0) is 34.2. The van der Waals surface area contributed by atoms with Crippen molar-refractivity contribution >= 4 is 75.0 Å². The maximum atomic E-state index is 6.77. The van der Waals surface area contributed by atoms with Gasteiger partial charge < -0.3 is 4.42 Å². The molecular weight excluding hydrogens is 649 g/mol. The molecule has 0 bridgehead atoms. The predicted octanol–water partition coefficient (Wildman–Crippen LogP) is 14.9. The minimum atomic E-state index is 0.906. The molecule has 0 aliphatic rings. The fourth-order valence-corrected chi connectivity index (χ4v) is 9.62. The minimum absolute atomic E-state index is 0.906. The first-order valence-electron chi connectivity index (χ1n) is 17.8. The van der Waals surface area contributed by atoms with Crippen LogP contribution >= 0.6 is 11.3 Å². The topological polar surface area (TPSA) is 13.1 Å². The smallest absolute Gasteiger partial charge is 0.136 e. The van der Waals surface area contributed by atoms with Crippen molar-refractivity contribution in [1.82, 2.24) is 0 Å². The lowest BCUT2D eigenvalue weighted by molar-refractivity contribution is 0.669. The van der Waals surface area contributed by atoms with Crippen LogP contribution in [-0.4, -0.2) is 0 Å². The van der Waals surface area contributed by atoms with Crippen molar-refractivity contribution in [3.05, 3.63) is 182 Å². The highest BCUT2D eigenvalue weighted by Crippen LogP contribution is 2.49. The van der Waals surface area contributed by atoms with E-state index in [-0.39, 0.29) is 0 Å². The second kappa shape index (κ2) is 11.5. The van der Waals surface area contributed by atoms with Crippen molar-refractivity contribution < 1.29 is 4.42 Å². The third-order valence-electron chi connectivity index (χ3n) is 10.7. The zero-order valence-electron chi connectivity index (χ0n) is 28.1. The molecule has 0 amide bonds. The molecule has 1 nitrogen and oxygen atoms in total. The lowest BCUT2D eigenvalue weighted by atomic mass is 9.84. The molecule has 0 radical (unpaired) electrons. The van der Waals surface area contributed by atoms with Crippen molar-refractivity contribution in [3.63, 3.8) is 0 Å². The van der Waals surface area contributed by atoms with E-state index in [4.69, 9.17) is 4.42 Å². The van der Waals surface area contributed by atoms with Gasteiger partial charge in [-0.15, -0.1) is 11.3 Å². The summed E-state index contributed by atoms with van der Waals surface area (Å²) in [6.07, 6.45) is 0. The van der Waals surface area contributed by atoms with E-state index in [1.54, 1.807) is 0 Å². The molecule has 0 fully saturated rings. The number of benzene rings is 9. The highest BCUT2D eigenvalue weighted by atomic mass is 32.1. The molecule has 0 aliphatic heterocycles. The Morgan fingerprint density at radius 1 is 0.327 bits per heavy atom. The first-order chi connectivity index (χ1) is 25.8. The van der Waals surface area contributed by atoms with Crippen molar-refractivity contribution in [2.75, 3.05) is 0 Å². The molecule has 0 saturated heterocycles. The SMILES string of the molecule is c1ccc(-c2ccc3c(-c4ccccc4)c4ccccc4c(-c4cccc5oc6cc7c(cc6c45)sc4c(-c5ccccc5)cccc47)c3c2)cc1. The molecule has 2 heterocycles. The van der Waals surface area contributed by atoms with Crippen molar-refractivity contribution in [2.24, 2.45) is 0 Å². The van der Waals surface area contributed by atoms with E-state index in [1.807, 2.05) is 11.3 Å². The number of fused-ring (bicyclic) bond motifs is 8. The van der Waals surface area contributed by atoms with Gasteiger partial charge in [0, 0.05) is 30.9 Å². The largest absolute Gasteiger partial charge is 0.456 e. The first kappa shape index (κ1) is 29.3. The molecule has 2 aromatic heterocycles. The van der Waals surface area contributed by atoms with Gasteiger partial charge in [0.15, 0.2) is 0 Å². The van der Waals surface area contributed by atoms with Gasteiger partial charge in [0.2, 0.25) is 0 Å². The van der Waals surface area contributed by atoms with E-state index in [0.29, 0.717) is 0 Å². The molecule has 11 aromatic rings. The lowest BCUT2D eigenvalue weighted by Crippen LogP contribution is -1.92. The van der Waals surface area contributed by atoms with Gasteiger partial charge in [0.05, 0.1) is 0 Å². The molecule has 0 aliphatic carbocycles. The number of rotatable bonds is 4. The molecule has 0 saturated carbocycles. The van der Waals surface area contributed by atoms with E-state index < -0.39 is 0 Å². The van der Waals surface area contributed by atoms with Crippen molar-refractivity contribution in [2.45, 2.75) is 0 Å². The molecule has 2 heteroatoms. The standard InChI is InChI=1S/C50H30OS/c1-4-14-31(15-5-1)34-26-27-38-42(28-34)48(37-21-11-10-20-36(37)47(38)33-18-8-3-9-19-33)40-24-13-25-44-49(40)43-30-46-41(29-45(43)51-44)39-23-12-22-35(50(39)52-46)32-16-6-2-7-17-32/h1-30H. The Morgan fingerprint density at radius 2 is 0.942 bits per heavy atom. The van der Waals surface area contributed by atoms with Crippen LogP contribution in [-0.2, 0) is 0 Å². The van der Waals surface area contributed by atoms with Crippen LogP contribution in [0.5, 0.6) is 0 Å². The monoisotopic (exact) mass is 678 g/mol. The Balaban J connectivity index is 1.24. The van der Waals surface area contributed by atoms with Gasteiger partial charge in [-0.05, 0) is 90.3 Å². The van der Waals surface area contributed by atoms with Crippen LogP contribution in [0.4, 0.5) is 0 Å². The van der Waals surface area contributed by atoms with Crippen LogP contribution in [0.15, 0.2) is 186 Å². The quantitative estimate of drug-likeness (QED) is 0.169.